The van der Waals surface area contributed by atoms with E-state index >= 15 is 0 Å². The quantitative estimate of drug-likeness (QED) is 0.421. The second kappa shape index (κ2) is 10.8. The molecule has 35 heavy (non-hydrogen) atoms. The molecule has 186 valence electrons. The number of methoxy groups -OCH3 is 1. The average molecular weight is 510 g/mol. The van der Waals surface area contributed by atoms with Gasteiger partial charge in [0.25, 0.3) is 10.0 Å². The van der Waals surface area contributed by atoms with E-state index in [2.05, 4.69) is 0 Å². The largest absolute Gasteiger partial charge is 0.487 e. The van der Waals surface area contributed by atoms with Crippen molar-refractivity contribution in [1.29, 1.82) is 0 Å². The van der Waals surface area contributed by atoms with Crippen LogP contribution in [0.2, 0.25) is 0 Å². The molecular weight excluding hydrogens is 487 g/mol. The topological polar surface area (TPSA) is 93.1 Å². The maximum Gasteiger partial charge on any atom is 0.416 e. The maximum atomic E-state index is 13.4. The highest BCUT2D eigenvalue weighted by Crippen LogP contribution is 2.39. The summed E-state index contributed by atoms with van der Waals surface area (Å²) in [6.45, 7) is -0.427. The van der Waals surface area contributed by atoms with Gasteiger partial charge in [-0.1, -0.05) is 30.3 Å². The van der Waals surface area contributed by atoms with E-state index in [0.717, 1.165) is 22.5 Å². The monoisotopic (exact) mass is 509 g/mol. The zero-order chi connectivity index (χ0) is 25.6. The lowest BCUT2D eigenvalue weighted by atomic mass is 10.1. The Hall–Kier alpha value is -3.57. The van der Waals surface area contributed by atoms with Crippen LogP contribution in [0.1, 0.15) is 21.5 Å². The van der Waals surface area contributed by atoms with E-state index in [-0.39, 0.29) is 41.7 Å². The summed E-state index contributed by atoms with van der Waals surface area (Å²) in [5.41, 5.74) is -0.594. The van der Waals surface area contributed by atoms with Crippen molar-refractivity contribution in [3.05, 3.63) is 89.5 Å². The minimum Gasteiger partial charge on any atom is -0.487 e. The normalized spacial score (nSPS) is 11.8. The first-order valence-electron chi connectivity index (χ1n) is 10.3. The van der Waals surface area contributed by atoms with Crippen LogP contribution < -0.4 is 9.04 Å². The van der Waals surface area contributed by atoms with Gasteiger partial charge in [0.1, 0.15) is 12.4 Å². The van der Waals surface area contributed by atoms with Crippen molar-refractivity contribution in [3.63, 3.8) is 0 Å². The number of sulfonamides is 1. The number of rotatable bonds is 10. The van der Waals surface area contributed by atoms with E-state index in [1.165, 1.54) is 55.6 Å². The predicted octanol–water partition coefficient (Wildman–Crippen LogP) is 4.82. The minimum absolute atomic E-state index is 0.0246. The third kappa shape index (κ3) is 6.31. The highest BCUT2D eigenvalue weighted by atomic mass is 32.2. The van der Waals surface area contributed by atoms with Crippen molar-refractivity contribution >= 4 is 21.7 Å². The fourth-order valence-corrected chi connectivity index (χ4v) is 4.66. The second-order valence-corrected chi connectivity index (χ2v) is 9.22. The molecule has 0 unspecified atom stereocenters. The minimum atomic E-state index is -4.69. The van der Waals surface area contributed by atoms with Crippen LogP contribution >= 0.6 is 0 Å². The highest BCUT2D eigenvalue weighted by molar-refractivity contribution is 7.92. The molecule has 0 radical (unpaired) electrons. The van der Waals surface area contributed by atoms with Gasteiger partial charge in [-0.25, -0.2) is 13.2 Å². The van der Waals surface area contributed by atoms with E-state index in [1.807, 2.05) is 0 Å². The van der Waals surface area contributed by atoms with Crippen molar-refractivity contribution in [2.24, 2.45) is 0 Å². The molecule has 0 aliphatic rings. The molecular formula is C24H22F3NO6S. The Labute approximate surface area is 200 Å². The van der Waals surface area contributed by atoms with Gasteiger partial charge in [0.05, 0.1) is 34.9 Å². The summed E-state index contributed by atoms with van der Waals surface area (Å²) in [6.07, 6.45) is -4.69. The zero-order valence-corrected chi connectivity index (χ0v) is 19.3. The van der Waals surface area contributed by atoms with E-state index in [0.29, 0.717) is 5.56 Å². The molecule has 3 aromatic rings. The molecule has 1 N–H and O–H groups in total. The van der Waals surface area contributed by atoms with Crippen molar-refractivity contribution in [2.45, 2.75) is 17.7 Å². The summed E-state index contributed by atoms with van der Waals surface area (Å²) in [7, 11) is -2.80. The highest BCUT2D eigenvalue weighted by Gasteiger charge is 2.33. The number of anilines is 1. The van der Waals surface area contributed by atoms with Crippen LogP contribution in [-0.2, 0) is 27.5 Å². The van der Waals surface area contributed by atoms with Crippen LogP contribution in [0.5, 0.6) is 5.75 Å². The number of alkyl halides is 3. The molecule has 0 spiro atoms. The molecule has 0 fully saturated rings. The van der Waals surface area contributed by atoms with Crippen molar-refractivity contribution < 1.29 is 41.0 Å². The lowest BCUT2D eigenvalue weighted by molar-refractivity contribution is -0.137. The first kappa shape index (κ1) is 26.0. The van der Waals surface area contributed by atoms with Gasteiger partial charge in [0, 0.05) is 7.11 Å². The summed E-state index contributed by atoms with van der Waals surface area (Å²) in [6, 6.07) is 15.6. The van der Waals surface area contributed by atoms with Crippen molar-refractivity contribution in [3.8, 4) is 5.75 Å². The van der Waals surface area contributed by atoms with Gasteiger partial charge in [0.15, 0.2) is 0 Å². The smallest absolute Gasteiger partial charge is 0.416 e. The summed E-state index contributed by atoms with van der Waals surface area (Å²) in [5, 5.41) is 9.02. The SMILES string of the molecule is COCCN(c1ccc(C(F)(F)F)cc1OCc1ccc(C(=O)O)cc1)S(=O)(=O)c1ccccc1. The summed E-state index contributed by atoms with van der Waals surface area (Å²) < 4.78 is 78.7. The number of aromatic carboxylic acids is 1. The fraction of sp³-hybridized carbons (Fsp3) is 0.208. The Morgan fingerprint density at radius 1 is 1.00 bits per heavy atom. The molecule has 0 aliphatic carbocycles. The van der Waals surface area contributed by atoms with Crippen LogP contribution in [0.15, 0.2) is 77.7 Å². The maximum absolute atomic E-state index is 13.4. The number of benzene rings is 3. The molecule has 0 aliphatic heterocycles. The number of carboxylic acid groups (broad SMARTS) is 1. The third-order valence-corrected chi connectivity index (χ3v) is 6.81. The molecule has 7 nitrogen and oxygen atoms in total. The van der Waals surface area contributed by atoms with Crippen LogP contribution in [0.3, 0.4) is 0 Å². The molecule has 0 amide bonds. The van der Waals surface area contributed by atoms with Crippen LogP contribution in [0, 0.1) is 0 Å². The number of halogens is 3. The zero-order valence-electron chi connectivity index (χ0n) is 18.5. The molecule has 3 aromatic carbocycles. The van der Waals surface area contributed by atoms with E-state index in [4.69, 9.17) is 14.6 Å². The van der Waals surface area contributed by atoms with Crippen molar-refractivity contribution in [1.82, 2.24) is 0 Å². The molecule has 0 aromatic heterocycles. The number of carboxylic acids is 1. The number of nitrogens with zero attached hydrogens (tertiary/aromatic N) is 1. The van der Waals surface area contributed by atoms with E-state index in [9.17, 15) is 26.4 Å². The van der Waals surface area contributed by atoms with Gasteiger partial charge in [-0.2, -0.15) is 13.2 Å². The van der Waals surface area contributed by atoms with Crippen LogP contribution in [0.25, 0.3) is 0 Å². The van der Waals surface area contributed by atoms with Crippen LogP contribution in [0.4, 0.5) is 18.9 Å². The molecule has 0 saturated carbocycles. The van der Waals surface area contributed by atoms with Gasteiger partial charge in [-0.3, -0.25) is 4.31 Å². The lowest BCUT2D eigenvalue weighted by Crippen LogP contribution is -2.34. The number of ether oxygens (including phenoxy) is 2. The Kier molecular flexibility index (Phi) is 8.03. The molecule has 3 rings (SSSR count). The summed E-state index contributed by atoms with van der Waals surface area (Å²) in [5.74, 6) is -1.43. The van der Waals surface area contributed by atoms with E-state index < -0.39 is 27.7 Å². The second-order valence-electron chi connectivity index (χ2n) is 7.35. The first-order chi connectivity index (χ1) is 16.5. The molecule has 11 heteroatoms. The Morgan fingerprint density at radius 2 is 1.66 bits per heavy atom. The number of hydrogen-bond acceptors (Lipinski definition) is 5. The number of carbonyl (C=O) groups is 1. The van der Waals surface area contributed by atoms with Crippen molar-refractivity contribution in [2.75, 3.05) is 24.6 Å². The van der Waals surface area contributed by atoms with Gasteiger partial charge < -0.3 is 14.6 Å². The Balaban J connectivity index is 2.04. The summed E-state index contributed by atoms with van der Waals surface area (Å²) in [4.78, 5) is 11.0. The lowest BCUT2D eigenvalue weighted by Gasteiger charge is -2.27. The standard InChI is InChI=1S/C24H22F3NO6S/c1-33-14-13-28(35(31,32)20-5-3-2-4-6-20)21-12-11-19(24(25,26)27)15-22(21)34-16-17-7-9-18(10-8-17)23(29)30/h2-12,15H,13-14,16H2,1H3,(H,29,30). The Bertz CT molecular complexity index is 1260. The predicted molar refractivity (Wildman–Crippen MR) is 122 cm³/mol. The van der Waals surface area contributed by atoms with Gasteiger partial charge in [0.2, 0.25) is 0 Å². The molecule has 0 atom stereocenters. The van der Waals surface area contributed by atoms with E-state index in [1.54, 1.807) is 6.07 Å². The first-order valence-corrected chi connectivity index (χ1v) is 11.7. The number of hydrogen-bond donors (Lipinski definition) is 1. The van der Waals surface area contributed by atoms with Gasteiger partial charge in [-0.15, -0.1) is 0 Å². The molecule has 0 saturated heterocycles. The van der Waals surface area contributed by atoms with Gasteiger partial charge >= 0.3 is 12.1 Å². The van der Waals surface area contributed by atoms with Crippen LogP contribution in [-0.4, -0.2) is 39.8 Å². The fourth-order valence-electron chi connectivity index (χ4n) is 3.18. The average Bonchev–Trinajstić information content (AvgIpc) is 2.83. The molecule has 0 bridgehead atoms. The third-order valence-electron chi connectivity index (χ3n) is 4.98. The van der Waals surface area contributed by atoms with Gasteiger partial charge in [-0.05, 0) is 48.0 Å². The summed E-state index contributed by atoms with van der Waals surface area (Å²) >= 11 is 0. The Morgan fingerprint density at radius 3 is 2.23 bits per heavy atom. The molecule has 0 heterocycles.